The first-order chi connectivity index (χ1) is 15.7. The van der Waals surface area contributed by atoms with Crippen LogP contribution in [0.5, 0.6) is 17.2 Å². The minimum absolute atomic E-state index is 0.128. The molecule has 0 aliphatic heterocycles. The van der Waals surface area contributed by atoms with Crippen molar-refractivity contribution in [3.63, 3.8) is 0 Å². The minimum atomic E-state index is 0.128. The summed E-state index contributed by atoms with van der Waals surface area (Å²) in [5.41, 5.74) is 3.35. The average Bonchev–Trinajstić information content (AvgIpc) is 3.17. The second-order valence-corrected chi connectivity index (χ2v) is 8.92. The van der Waals surface area contributed by atoms with Gasteiger partial charge in [-0.15, -0.1) is 0 Å². The van der Waals surface area contributed by atoms with E-state index in [1.54, 1.807) is 20.3 Å². The van der Waals surface area contributed by atoms with Crippen LogP contribution in [0.25, 0.3) is 17.1 Å². The van der Waals surface area contributed by atoms with Gasteiger partial charge in [0.05, 0.1) is 31.2 Å². The van der Waals surface area contributed by atoms with Crippen molar-refractivity contribution < 1.29 is 14.6 Å². The van der Waals surface area contributed by atoms with Crippen molar-refractivity contribution in [1.82, 2.24) is 19.7 Å². The summed E-state index contributed by atoms with van der Waals surface area (Å²) in [5.74, 6) is 2.22. The molecule has 0 unspecified atom stereocenters. The summed E-state index contributed by atoms with van der Waals surface area (Å²) in [7, 11) is 9.38. The Bertz CT molecular complexity index is 1170. The largest absolute Gasteiger partial charge is 0.508 e. The van der Waals surface area contributed by atoms with Crippen molar-refractivity contribution in [2.24, 2.45) is 0 Å². The van der Waals surface area contributed by atoms with E-state index in [1.807, 2.05) is 49.7 Å². The van der Waals surface area contributed by atoms with Gasteiger partial charge in [-0.1, -0.05) is 13.8 Å². The molecule has 9 heteroatoms. The second kappa shape index (κ2) is 10.3. The maximum atomic E-state index is 10.4. The molecular weight excluding hydrogens is 438 g/mol. The number of phenolic OH excluding ortho intramolecular Hbond substituents is 1. The first-order valence-electron chi connectivity index (χ1n) is 10.8. The van der Waals surface area contributed by atoms with Gasteiger partial charge in [-0.05, 0) is 62.1 Å². The van der Waals surface area contributed by atoms with Crippen LogP contribution < -0.4 is 14.4 Å². The van der Waals surface area contributed by atoms with Crippen LogP contribution in [0.15, 0.2) is 30.3 Å². The highest BCUT2D eigenvalue weighted by molar-refractivity contribution is 7.71. The van der Waals surface area contributed by atoms with Crippen molar-refractivity contribution in [1.29, 1.82) is 0 Å². The number of benzene rings is 2. The van der Waals surface area contributed by atoms with E-state index in [9.17, 15) is 5.11 Å². The number of hydrogen-bond acceptors (Lipinski definition) is 7. The van der Waals surface area contributed by atoms with E-state index < -0.39 is 0 Å². The number of methoxy groups -OCH3 is 2. The lowest BCUT2D eigenvalue weighted by molar-refractivity contribution is 0.406. The standard InChI is InChI=1S/C24H33N5O3S/c1-15(2)17-13-18(22(32-7)14-20(17)30)23-25-26-24(33)29(23)16-8-9-21(31-6)19(12-16)28(5)11-10-27(3)4/h8-9,12-15,30H,10-11H2,1-7H3,(H,26,33). The zero-order valence-corrected chi connectivity index (χ0v) is 21.2. The molecule has 0 saturated carbocycles. The third-order valence-corrected chi connectivity index (χ3v) is 5.87. The lowest BCUT2D eigenvalue weighted by atomic mass is 9.98. The number of likely N-dealkylation sites (N-methyl/N-ethyl adjacent to an activating group) is 2. The SMILES string of the molecule is COc1cc(O)c(C(C)C)cc1-c1n[nH]c(=S)n1-c1ccc(OC)c(N(C)CCN(C)C)c1. The van der Waals surface area contributed by atoms with Gasteiger partial charge in [-0.25, -0.2) is 0 Å². The van der Waals surface area contributed by atoms with Crippen LogP contribution in [0.4, 0.5) is 5.69 Å². The molecular formula is C24H33N5O3S. The molecule has 1 heterocycles. The second-order valence-electron chi connectivity index (χ2n) is 8.53. The lowest BCUT2D eigenvalue weighted by Gasteiger charge is -2.24. The Kier molecular flexibility index (Phi) is 7.65. The Morgan fingerprint density at radius 1 is 1.06 bits per heavy atom. The number of rotatable bonds is 9. The molecule has 2 aromatic carbocycles. The van der Waals surface area contributed by atoms with Gasteiger partial charge in [-0.2, -0.15) is 5.10 Å². The number of hydrogen-bond donors (Lipinski definition) is 2. The molecule has 0 aliphatic carbocycles. The van der Waals surface area contributed by atoms with Crippen LogP contribution in [0.3, 0.4) is 0 Å². The fourth-order valence-electron chi connectivity index (χ4n) is 3.70. The van der Waals surface area contributed by atoms with Gasteiger partial charge >= 0.3 is 0 Å². The van der Waals surface area contributed by atoms with Crippen LogP contribution in [0.2, 0.25) is 0 Å². The van der Waals surface area contributed by atoms with E-state index in [2.05, 4.69) is 34.1 Å². The van der Waals surface area contributed by atoms with Crippen molar-refractivity contribution in [2.45, 2.75) is 19.8 Å². The van der Waals surface area contributed by atoms with Gasteiger partial charge in [0.15, 0.2) is 10.6 Å². The molecule has 33 heavy (non-hydrogen) atoms. The number of aromatic amines is 1. The summed E-state index contributed by atoms with van der Waals surface area (Å²) >= 11 is 5.60. The highest BCUT2D eigenvalue weighted by atomic mass is 32.1. The fraction of sp³-hybridized carbons (Fsp3) is 0.417. The zero-order valence-electron chi connectivity index (χ0n) is 20.3. The number of nitrogens with zero attached hydrogens (tertiary/aromatic N) is 4. The zero-order chi connectivity index (χ0) is 24.3. The van der Waals surface area contributed by atoms with Gasteiger partial charge in [0.25, 0.3) is 0 Å². The highest BCUT2D eigenvalue weighted by Crippen LogP contribution is 2.39. The molecule has 2 N–H and O–H groups in total. The molecule has 178 valence electrons. The highest BCUT2D eigenvalue weighted by Gasteiger charge is 2.20. The monoisotopic (exact) mass is 471 g/mol. The van der Waals surface area contributed by atoms with E-state index in [4.69, 9.17) is 21.7 Å². The number of anilines is 1. The maximum absolute atomic E-state index is 10.4. The molecule has 1 aromatic heterocycles. The third kappa shape index (κ3) is 5.15. The van der Waals surface area contributed by atoms with Crippen LogP contribution in [0, 0.1) is 4.77 Å². The molecule has 0 fully saturated rings. The quantitative estimate of drug-likeness (QED) is 0.447. The Hall–Kier alpha value is -3.04. The minimum Gasteiger partial charge on any atom is -0.508 e. The van der Waals surface area contributed by atoms with Gasteiger partial charge in [0.1, 0.15) is 17.2 Å². The van der Waals surface area contributed by atoms with E-state index in [0.717, 1.165) is 41.3 Å². The van der Waals surface area contributed by atoms with Crippen molar-refractivity contribution in [2.75, 3.05) is 53.4 Å². The van der Waals surface area contributed by atoms with E-state index in [1.165, 1.54) is 0 Å². The molecule has 0 spiro atoms. The molecule has 0 atom stereocenters. The van der Waals surface area contributed by atoms with Gasteiger partial charge in [-0.3, -0.25) is 9.67 Å². The summed E-state index contributed by atoms with van der Waals surface area (Å²) < 4.78 is 13.5. The molecule has 0 amide bonds. The summed E-state index contributed by atoms with van der Waals surface area (Å²) in [5, 5.41) is 17.9. The summed E-state index contributed by atoms with van der Waals surface area (Å²) in [6.07, 6.45) is 0. The maximum Gasteiger partial charge on any atom is 0.200 e. The predicted molar refractivity (Wildman–Crippen MR) is 135 cm³/mol. The summed E-state index contributed by atoms with van der Waals surface area (Å²) in [6.45, 7) is 5.80. The van der Waals surface area contributed by atoms with E-state index in [-0.39, 0.29) is 11.7 Å². The molecule has 0 saturated heterocycles. The van der Waals surface area contributed by atoms with Crippen LogP contribution in [-0.2, 0) is 0 Å². The first-order valence-corrected chi connectivity index (χ1v) is 11.2. The number of phenols is 1. The molecule has 0 bridgehead atoms. The van der Waals surface area contributed by atoms with Gasteiger partial charge < -0.3 is 24.4 Å². The number of ether oxygens (including phenoxy) is 2. The Balaban J connectivity index is 2.17. The van der Waals surface area contributed by atoms with Crippen molar-refractivity contribution in [3.05, 3.63) is 40.7 Å². The smallest absolute Gasteiger partial charge is 0.200 e. The molecule has 3 rings (SSSR count). The van der Waals surface area contributed by atoms with Crippen LogP contribution in [0.1, 0.15) is 25.3 Å². The van der Waals surface area contributed by atoms with Crippen molar-refractivity contribution in [3.8, 4) is 34.3 Å². The van der Waals surface area contributed by atoms with Gasteiger partial charge in [0, 0.05) is 26.2 Å². The fourth-order valence-corrected chi connectivity index (χ4v) is 3.93. The topological polar surface area (TPSA) is 78.8 Å². The van der Waals surface area contributed by atoms with Crippen molar-refractivity contribution >= 4 is 17.9 Å². The Morgan fingerprint density at radius 2 is 1.76 bits per heavy atom. The summed E-state index contributed by atoms with van der Waals surface area (Å²) in [6, 6.07) is 9.46. The summed E-state index contributed by atoms with van der Waals surface area (Å²) in [4.78, 5) is 4.30. The molecule has 0 radical (unpaired) electrons. The molecule has 3 aromatic rings. The number of nitrogens with one attached hydrogen (secondary N) is 1. The molecule has 0 aliphatic rings. The molecule has 8 nitrogen and oxygen atoms in total. The number of H-pyrrole nitrogens is 1. The Morgan fingerprint density at radius 3 is 2.36 bits per heavy atom. The van der Waals surface area contributed by atoms with Gasteiger partial charge in [0.2, 0.25) is 0 Å². The van der Waals surface area contributed by atoms with Crippen LogP contribution >= 0.6 is 12.2 Å². The average molecular weight is 472 g/mol. The third-order valence-electron chi connectivity index (χ3n) is 5.60. The first kappa shape index (κ1) is 24.6. The van der Waals surface area contributed by atoms with E-state index in [0.29, 0.717) is 16.3 Å². The number of aromatic nitrogens is 3. The normalized spacial score (nSPS) is 11.3. The lowest BCUT2D eigenvalue weighted by Crippen LogP contribution is -2.28. The predicted octanol–water partition coefficient (Wildman–Crippen LogP) is 4.44. The van der Waals surface area contributed by atoms with Crippen LogP contribution in [-0.4, -0.2) is 73.2 Å². The van der Waals surface area contributed by atoms with E-state index >= 15 is 0 Å². The number of aromatic hydroxyl groups is 1. The Labute approximate surface area is 200 Å².